The van der Waals surface area contributed by atoms with Gasteiger partial charge in [0.25, 0.3) is 0 Å². The maximum absolute atomic E-state index is 13.6. The van der Waals surface area contributed by atoms with Gasteiger partial charge in [-0.2, -0.15) is 0 Å². The van der Waals surface area contributed by atoms with E-state index in [2.05, 4.69) is 47.1 Å². The summed E-state index contributed by atoms with van der Waals surface area (Å²) in [6, 6.07) is 26.2. The number of carbonyl (C=O) groups excluding carboxylic acids is 2. The van der Waals surface area contributed by atoms with Gasteiger partial charge in [0.15, 0.2) is 0 Å². The lowest BCUT2D eigenvalue weighted by molar-refractivity contribution is -0.116. The molecule has 0 saturated carbocycles. The summed E-state index contributed by atoms with van der Waals surface area (Å²) in [6.45, 7) is 5.04. The molecule has 2 heterocycles. The van der Waals surface area contributed by atoms with Gasteiger partial charge in [-0.25, -0.2) is 0 Å². The van der Waals surface area contributed by atoms with Gasteiger partial charge in [-0.15, -0.1) is 0 Å². The second-order valence-corrected chi connectivity index (χ2v) is 9.52. The number of piperidine rings is 1. The Kier molecular flexibility index (Phi) is 7.16. The van der Waals surface area contributed by atoms with Crippen molar-refractivity contribution in [3.8, 4) is 11.8 Å². The van der Waals surface area contributed by atoms with Crippen LogP contribution in [0.1, 0.15) is 36.5 Å². The number of rotatable bonds is 4. The Labute approximate surface area is 213 Å². The average molecular weight is 478 g/mol. The molecule has 0 bridgehead atoms. The molecule has 5 rings (SSSR count). The summed E-state index contributed by atoms with van der Waals surface area (Å²) < 4.78 is 0. The van der Waals surface area contributed by atoms with Gasteiger partial charge in [0.1, 0.15) is 0 Å². The van der Waals surface area contributed by atoms with Crippen LogP contribution >= 0.6 is 0 Å². The van der Waals surface area contributed by atoms with Crippen LogP contribution in [-0.4, -0.2) is 42.4 Å². The standard InChI is InChI=1S/C31H31N3O2/c1-24(35)33-21-16-27-13-14-29(22-30(27)33)34(31(36)15-12-25-8-4-2-5-9-25)28-17-19-32(20-18-28)23-26-10-6-3-7-11-26/h2-11,13-14,22,28H,16-21,23H2,1H3. The predicted octanol–water partition coefficient (Wildman–Crippen LogP) is 4.64. The number of hydrogen-bond donors (Lipinski definition) is 0. The van der Waals surface area contributed by atoms with E-state index in [9.17, 15) is 9.59 Å². The van der Waals surface area contributed by atoms with E-state index in [1.165, 1.54) is 5.56 Å². The number of amides is 2. The molecule has 2 aliphatic heterocycles. The molecule has 0 spiro atoms. The molecule has 0 aliphatic carbocycles. The van der Waals surface area contributed by atoms with Crippen molar-refractivity contribution in [2.45, 2.75) is 38.8 Å². The number of nitrogens with zero attached hydrogens (tertiary/aromatic N) is 3. The summed E-state index contributed by atoms with van der Waals surface area (Å²) in [4.78, 5) is 31.9. The normalized spacial score (nSPS) is 15.6. The number of carbonyl (C=O) groups is 2. The van der Waals surface area contributed by atoms with Gasteiger partial charge >= 0.3 is 5.91 Å². The second-order valence-electron chi connectivity index (χ2n) is 9.52. The third kappa shape index (κ3) is 5.35. The highest BCUT2D eigenvalue weighted by atomic mass is 16.2. The van der Waals surface area contributed by atoms with E-state index < -0.39 is 0 Å². The summed E-state index contributed by atoms with van der Waals surface area (Å²) in [6.07, 6.45) is 2.59. The smallest absolute Gasteiger partial charge is 0.303 e. The van der Waals surface area contributed by atoms with E-state index in [-0.39, 0.29) is 17.9 Å². The zero-order valence-corrected chi connectivity index (χ0v) is 20.7. The van der Waals surface area contributed by atoms with Crippen LogP contribution in [0.4, 0.5) is 11.4 Å². The Morgan fingerprint density at radius 1 is 0.917 bits per heavy atom. The van der Waals surface area contributed by atoms with Crippen molar-refractivity contribution in [2.24, 2.45) is 0 Å². The highest BCUT2D eigenvalue weighted by molar-refractivity contribution is 6.07. The zero-order valence-electron chi connectivity index (χ0n) is 20.7. The summed E-state index contributed by atoms with van der Waals surface area (Å²) in [5.41, 5.74) is 5.00. The Morgan fingerprint density at radius 3 is 2.31 bits per heavy atom. The monoisotopic (exact) mass is 477 g/mol. The van der Waals surface area contributed by atoms with E-state index in [1.54, 1.807) is 11.8 Å². The van der Waals surface area contributed by atoms with Crippen LogP contribution < -0.4 is 9.80 Å². The first-order chi connectivity index (χ1) is 17.6. The molecular formula is C31H31N3O2. The number of hydrogen-bond acceptors (Lipinski definition) is 3. The minimum Gasteiger partial charge on any atom is -0.312 e. The van der Waals surface area contributed by atoms with E-state index in [0.29, 0.717) is 6.54 Å². The fourth-order valence-corrected chi connectivity index (χ4v) is 5.22. The second kappa shape index (κ2) is 10.8. The summed E-state index contributed by atoms with van der Waals surface area (Å²) >= 11 is 0. The first-order valence-corrected chi connectivity index (χ1v) is 12.7. The first-order valence-electron chi connectivity index (χ1n) is 12.7. The van der Waals surface area contributed by atoms with Crippen molar-refractivity contribution in [1.29, 1.82) is 0 Å². The van der Waals surface area contributed by atoms with Crippen LogP contribution in [0.3, 0.4) is 0 Å². The molecule has 2 amide bonds. The first kappa shape index (κ1) is 23.8. The van der Waals surface area contributed by atoms with Crippen molar-refractivity contribution < 1.29 is 9.59 Å². The van der Waals surface area contributed by atoms with Crippen molar-refractivity contribution in [2.75, 3.05) is 29.4 Å². The molecule has 3 aromatic rings. The minimum absolute atomic E-state index is 0.0295. The van der Waals surface area contributed by atoms with Crippen molar-refractivity contribution >= 4 is 23.2 Å². The molecule has 2 aliphatic rings. The highest BCUT2D eigenvalue weighted by Crippen LogP contribution is 2.34. The SMILES string of the molecule is CC(=O)N1CCc2ccc(N(C(=O)C#Cc3ccccc3)C3CCN(Cc4ccccc4)CC3)cc21. The predicted molar refractivity (Wildman–Crippen MR) is 144 cm³/mol. The van der Waals surface area contributed by atoms with Gasteiger partial charge < -0.3 is 4.90 Å². The quantitative estimate of drug-likeness (QED) is 0.514. The van der Waals surface area contributed by atoms with Gasteiger partial charge in [-0.3, -0.25) is 19.4 Å². The Bertz CT molecular complexity index is 1290. The Hall–Kier alpha value is -3.88. The number of anilines is 2. The van der Waals surface area contributed by atoms with Gasteiger partial charge in [-0.05, 0) is 54.7 Å². The Morgan fingerprint density at radius 2 is 1.61 bits per heavy atom. The third-order valence-electron chi connectivity index (χ3n) is 7.10. The molecule has 0 radical (unpaired) electrons. The third-order valence-corrected chi connectivity index (χ3v) is 7.10. The molecule has 1 saturated heterocycles. The van der Waals surface area contributed by atoms with E-state index >= 15 is 0 Å². The molecular weight excluding hydrogens is 446 g/mol. The van der Waals surface area contributed by atoms with Gasteiger partial charge in [-0.1, -0.05) is 60.5 Å². The van der Waals surface area contributed by atoms with Gasteiger partial charge in [0.05, 0.1) is 0 Å². The molecule has 5 heteroatoms. The fourth-order valence-electron chi connectivity index (χ4n) is 5.22. The van der Waals surface area contributed by atoms with Crippen molar-refractivity contribution in [3.05, 3.63) is 95.6 Å². The summed E-state index contributed by atoms with van der Waals surface area (Å²) in [5.74, 6) is 5.76. The lowest BCUT2D eigenvalue weighted by Gasteiger charge is -2.38. The minimum atomic E-state index is -0.201. The topological polar surface area (TPSA) is 43.9 Å². The van der Waals surface area contributed by atoms with E-state index in [0.717, 1.165) is 61.4 Å². The lowest BCUT2D eigenvalue weighted by atomic mass is 10.0. The van der Waals surface area contributed by atoms with Crippen LogP contribution in [0.15, 0.2) is 78.9 Å². The molecule has 3 aromatic carbocycles. The summed E-state index contributed by atoms with van der Waals surface area (Å²) in [7, 11) is 0. The van der Waals surface area contributed by atoms with Gasteiger partial charge in [0, 0.05) is 62.0 Å². The maximum Gasteiger partial charge on any atom is 0.303 e. The molecule has 0 N–H and O–H groups in total. The molecule has 36 heavy (non-hydrogen) atoms. The van der Waals surface area contributed by atoms with Crippen LogP contribution in [0.25, 0.3) is 0 Å². The van der Waals surface area contributed by atoms with Crippen LogP contribution in [0, 0.1) is 11.8 Å². The molecule has 1 fully saturated rings. The fraction of sp³-hybridized carbons (Fsp3) is 0.290. The van der Waals surface area contributed by atoms with Crippen molar-refractivity contribution in [1.82, 2.24) is 4.90 Å². The zero-order chi connectivity index (χ0) is 24.9. The average Bonchev–Trinajstić information content (AvgIpc) is 3.34. The van der Waals surface area contributed by atoms with Crippen molar-refractivity contribution in [3.63, 3.8) is 0 Å². The largest absolute Gasteiger partial charge is 0.312 e. The lowest BCUT2D eigenvalue weighted by Crippen LogP contribution is -2.47. The Balaban J connectivity index is 1.39. The molecule has 0 aromatic heterocycles. The highest BCUT2D eigenvalue weighted by Gasteiger charge is 2.30. The molecule has 5 nitrogen and oxygen atoms in total. The molecule has 0 atom stereocenters. The van der Waals surface area contributed by atoms with E-state index in [1.807, 2.05) is 53.4 Å². The van der Waals surface area contributed by atoms with Gasteiger partial charge in [0.2, 0.25) is 5.91 Å². The number of fused-ring (bicyclic) bond motifs is 1. The van der Waals surface area contributed by atoms with Crippen LogP contribution in [-0.2, 0) is 22.6 Å². The number of likely N-dealkylation sites (tertiary alicyclic amines) is 1. The number of benzene rings is 3. The maximum atomic E-state index is 13.6. The molecule has 0 unspecified atom stereocenters. The van der Waals surface area contributed by atoms with Crippen LogP contribution in [0.2, 0.25) is 0 Å². The molecule has 182 valence electrons. The summed E-state index contributed by atoms with van der Waals surface area (Å²) in [5, 5.41) is 0. The van der Waals surface area contributed by atoms with E-state index in [4.69, 9.17) is 0 Å². The van der Waals surface area contributed by atoms with Crippen LogP contribution in [0.5, 0.6) is 0 Å².